The van der Waals surface area contributed by atoms with E-state index in [9.17, 15) is 0 Å². The van der Waals surface area contributed by atoms with Gasteiger partial charge in [0.2, 0.25) is 5.95 Å². The molecule has 5 aromatic rings. The van der Waals surface area contributed by atoms with E-state index in [1.165, 1.54) is 5.56 Å². The Morgan fingerprint density at radius 1 is 0.912 bits per heavy atom. The summed E-state index contributed by atoms with van der Waals surface area (Å²) in [5, 5.41) is 8.18. The van der Waals surface area contributed by atoms with E-state index in [0.717, 1.165) is 46.9 Å². The number of rotatable bonds is 3. The molecule has 2 aromatic carbocycles. The van der Waals surface area contributed by atoms with Crippen LogP contribution in [0.1, 0.15) is 23.3 Å². The standard InChI is InChI=1S/C25H22N8O/c1-2-4-17(5-3-1)22-14-34-15-24-29-20-7-6-18(10-21(20)33(22)24)19-11-26-25(27-12-19)31-8-9-32-16-28-30-23(32)13-31/h1-7,10-12,16,22H,8-9,13-15H2/t22-/m1/s1. The van der Waals surface area contributed by atoms with Gasteiger partial charge < -0.3 is 18.8 Å². The zero-order chi connectivity index (χ0) is 22.5. The third-order valence-electron chi connectivity index (χ3n) is 6.66. The largest absolute Gasteiger partial charge is 0.371 e. The maximum absolute atomic E-state index is 5.88. The van der Waals surface area contributed by atoms with Crippen molar-refractivity contribution < 1.29 is 4.74 Å². The van der Waals surface area contributed by atoms with Gasteiger partial charge in [-0.2, -0.15) is 0 Å². The molecule has 0 N–H and O–H groups in total. The molecule has 0 unspecified atom stereocenters. The Morgan fingerprint density at radius 2 is 1.79 bits per heavy atom. The van der Waals surface area contributed by atoms with Crippen molar-refractivity contribution in [3.8, 4) is 11.1 Å². The second-order valence-electron chi connectivity index (χ2n) is 8.68. The van der Waals surface area contributed by atoms with E-state index >= 15 is 0 Å². The van der Waals surface area contributed by atoms with E-state index < -0.39 is 0 Å². The topological polar surface area (TPSA) is 86.8 Å². The Hall–Kier alpha value is -4.11. The van der Waals surface area contributed by atoms with Crippen molar-refractivity contribution in [1.29, 1.82) is 0 Å². The van der Waals surface area contributed by atoms with Crippen LogP contribution in [0, 0.1) is 0 Å². The van der Waals surface area contributed by atoms with Gasteiger partial charge in [-0.1, -0.05) is 36.4 Å². The molecule has 1 atom stereocenters. The van der Waals surface area contributed by atoms with E-state index in [-0.39, 0.29) is 6.04 Å². The van der Waals surface area contributed by atoms with Gasteiger partial charge in [-0.25, -0.2) is 15.0 Å². The van der Waals surface area contributed by atoms with Gasteiger partial charge in [0.25, 0.3) is 0 Å². The SMILES string of the molecule is c1ccc([C@H]2COCc3nc4ccc(-c5cnc(N6CCn7cnnc7C6)nc5)cc4n32)cc1. The second-order valence-corrected chi connectivity index (χ2v) is 8.68. The van der Waals surface area contributed by atoms with E-state index in [0.29, 0.717) is 25.7 Å². The average Bonchev–Trinajstić information content (AvgIpc) is 3.53. The quantitative estimate of drug-likeness (QED) is 0.417. The monoisotopic (exact) mass is 450 g/mol. The van der Waals surface area contributed by atoms with Crippen molar-refractivity contribution in [3.63, 3.8) is 0 Å². The highest BCUT2D eigenvalue weighted by atomic mass is 16.5. The molecule has 2 aliphatic heterocycles. The summed E-state index contributed by atoms with van der Waals surface area (Å²) >= 11 is 0. The molecule has 168 valence electrons. The lowest BCUT2D eigenvalue weighted by atomic mass is 10.1. The zero-order valence-corrected chi connectivity index (χ0v) is 18.4. The smallest absolute Gasteiger partial charge is 0.225 e. The van der Waals surface area contributed by atoms with Crippen LogP contribution in [-0.4, -0.2) is 47.4 Å². The summed E-state index contributed by atoms with van der Waals surface area (Å²) in [6.07, 6.45) is 5.57. The van der Waals surface area contributed by atoms with Crippen molar-refractivity contribution in [2.45, 2.75) is 25.7 Å². The van der Waals surface area contributed by atoms with Gasteiger partial charge in [0.15, 0.2) is 5.82 Å². The molecule has 7 rings (SSSR count). The molecule has 5 heterocycles. The second kappa shape index (κ2) is 7.74. The lowest BCUT2D eigenvalue weighted by Crippen LogP contribution is -2.34. The minimum Gasteiger partial charge on any atom is -0.371 e. The number of hydrogen-bond acceptors (Lipinski definition) is 7. The predicted molar refractivity (Wildman–Crippen MR) is 126 cm³/mol. The first-order chi connectivity index (χ1) is 16.8. The lowest BCUT2D eigenvalue weighted by molar-refractivity contribution is 0.0679. The van der Waals surface area contributed by atoms with Crippen LogP contribution in [0.15, 0.2) is 67.3 Å². The summed E-state index contributed by atoms with van der Waals surface area (Å²) in [5.41, 5.74) is 5.34. The Bertz CT molecular complexity index is 1470. The fraction of sp³-hybridized carbons (Fsp3) is 0.240. The molecule has 0 bridgehead atoms. The highest BCUT2D eigenvalue weighted by molar-refractivity contribution is 5.83. The molecule has 9 nitrogen and oxygen atoms in total. The molecule has 34 heavy (non-hydrogen) atoms. The van der Waals surface area contributed by atoms with Crippen molar-refractivity contribution in [2.75, 3.05) is 18.1 Å². The number of ether oxygens (including phenoxy) is 1. The molecular weight excluding hydrogens is 428 g/mol. The highest BCUT2D eigenvalue weighted by Gasteiger charge is 2.25. The number of anilines is 1. The van der Waals surface area contributed by atoms with Crippen LogP contribution in [0.5, 0.6) is 0 Å². The van der Waals surface area contributed by atoms with Crippen LogP contribution in [0.25, 0.3) is 22.2 Å². The number of hydrogen-bond donors (Lipinski definition) is 0. The van der Waals surface area contributed by atoms with Crippen molar-refractivity contribution in [3.05, 3.63) is 84.5 Å². The normalized spacial score (nSPS) is 17.5. The summed E-state index contributed by atoms with van der Waals surface area (Å²) in [5.74, 6) is 2.60. The molecule has 9 heteroatoms. The fourth-order valence-electron chi connectivity index (χ4n) is 4.90. The molecule has 0 saturated heterocycles. The summed E-state index contributed by atoms with van der Waals surface area (Å²) in [6.45, 7) is 3.49. The van der Waals surface area contributed by atoms with Crippen molar-refractivity contribution in [1.82, 2.24) is 34.3 Å². The van der Waals surface area contributed by atoms with Gasteiger partial charge in [0, 0.05) is 31.0 Å². The van der Waals surface area contributed by atoms with Gasteiger partial charge in [0.1, 0.15) is 18.8 Å². The molecule has 0 amide bonds. The summed E-state index contributed by atoms with van der Waals surface area (Å²) < 4.78 is 10.3. The predicted octanol–water partition coefficient (Wildman–Crippen LogP) is 3.22. The molecule has 3 aromatic heterocycles. The van der Waals surface area contributed by atoms with E-state index in [4.69, 9.17) is 9.72 Å². The zero-order valence-electron chi connectivity index (χ0n) is 18.4. The van der Waals surface area contributed by atoms with Crippen LogP contribution in [0.4, 0.5) is 5.95 Å². The van der Waals surface area contributed by atoms with Crippen LogP contribution < -0.4 is 4.90 Å². The lowest BCUT2D eigenvalue weighted by Gasteiger charge is -2.27. The first-order valence-electron chi connectivity index (χ1n) is 11.4. The van der Waals surface area contributed by atoms with E-state index in [1.54, 1.807) is 6.33 Å². The Labute approximate surface area is 195 Å². The Kier molecular flexibility index (Phi) is 4.41. The van der Waals surface area contributed by atoms with Gasteiger partial charge in [-0.05, 0) is 23.3 Å². The minimum atomic E-state index is 0.102. The molecule has 0 saturated carbocycles. The molecule has 0 fully saturated rings. The average molecular weight is 451 g/mol. The highest BCUT2D eigenvalue weighted by Crippen LogP contribution is 2.32. The molecule has 0 aliphatic carbocycles. The first kappa shape index (κ1) is 19.4. The molecule has 0 spiro atoms. The number of benzene rings is 2. The maximum atomic E-state index is 5.88. The summed E-state index contributed by atoms with van der Waals surface area (Å²) in [4.78, 5) is 16.3. The maximum Gasteiger partial charge on any atom is 0.225 e. The fourth-order valence-corrected chi connectivity index (χ4v) is 4.90. The number of nitrogens with zero attached hydrogens (tertiary/aromatic N) is 8. The third-order valence-corrected chi connectivity index (χ3v) is 6.66. The minimum absolute atomic E-state index is 0.102. The van der Waals surface area contributed by atoms with Crippen LogP contribution in [-0.2, 0) is 24.4 Å². The van der Waals surface area contributed by atoms with E-state index in [1.807, 2.05) is 18.5 Å². The van der Waals surface area contributed by atoms with Gasteiger partial charge in [-0.3, -0.25) is 0 Å². The van der Waals surface area contributed by atoms with Gasteiger partial charge in [0.05, 0.1) is 30.2 Å². The van der Waals surface area contributed by atoms with Gasteiger partial charge in [-0.15, -0.1) is 10.2 Å². The van der Waals surface area contributed by atoms with Crippen LogP contribution >= 0.6 is 0 Å². The van der Waals surface area contributed by atoms with Gasteiger partial charge >= 0.3 is 0 Å². The number of aromatic nitrogens is 7. The van der Waals surface area contributed by atoms with Crippen LogP contribution in [0.2, 0.25) is 0 Å². The van der Waals surface area contributed by atoms with Crippen molar-refractivity contribution in [2.24, 2.45) is 0 Å². The first-order valence-corrected chi connectivity index (χ1v) is 11.4. The molecular formula is C25H22N8O. The summed E-state index contributed by atoms with van der Waals surface area (Å²) in [6, 6.07) is 16.9. The number of imidazole rings is 1. The molecule has 2 aliphatic rings. The Morgan fingerprint density at radius 3 is 2.68 bits per heavy atom. The van der Waals surface area contributed by atoms with Crippen LogP contribution in [0.3, 0.4) is 0 Å². The third kappa shape index (κ3) is 3.16. The Balaban J connectivity index is 1.23. The summed E-state index contributed by atoms with van der Waals surface area (Å²) in [7, 11) is 0. The number of fused-ring (bicyclic) bond motifs is 4. The van der Waals surface area contributed by atoms with Crippen molar-refractivity contribution >= 4 is 17.0 Å². The molecule has 0 radical (unpaired) electrons. The van der Waals surface area contributed by atoms with E-state index in [2.05, 4.69) is 76.7 Å².